The first-order valence-electron chi connectivity index (χ1n) is 8.13. The van der Waals surface area contributed by atoms with Crippen molar-refractivity contribution in [1.29, 1.82) is 0 Å². The number of rotatable bonds is 6. The summed E-state index contributed by atoms with van der Waals surface area (Å²) in [6, 6.07) is 16.6. The van der Waals surface area contributed by atoms with E-state index in [1.807, 2.05) is 61.5 Å². The van der Waals surface area contributed by atoms with Crippen LogP contribution in [-0.2, 0) is 10.0 Å². The first-order chi connectivity index (χ1) is 12.5. The van der Waals surface area contributed by atoms with E-state index in [9.17, 15) is 8.42 Å². The second-order valence-electron chi connectivity index (χ2n) is 5.88. The molecule has 134 valence electrons. The van der Waals surface area contributed by atoms with E-state index in [1.54, 1.807) is 24.1 Å². The molecule has 7 heteroatoms. The highest BCUT2D eigenvalue weighted by Gasteiger charge is 2.22. The van der Waals surface area contributed by atoms with Gasteiger partial charge < -0.3 is 0 Å². The van der Waals surface area contributed by atoms with Crippen LogP contribution in [0.3, 0.4) is 0 Å². The SMILES string of the molecule is CC(c1ccc(-n2cncn2)cc1)N(C)S(=O)(=O)/C=C/c1ccccc1. The third kappa shape index (κ3) is 4.07. The maximum absolute atomic E-state index is 12.6. The van der Waals surface area contributed by atoms with E-state index < -0.39 is 10.0 Å². The van der Waals surface area contributed by atoms with E-state index in [-0.39, 0.29) is 6.04 Å². The van der Waals surface area contributed by atoms with Crippen LogP contribution < -0.4 is 0 Å². The molecule has 0 aliphatic heterocycles. The molecule has 3 aromatic rings. The molecular formula is C19H20N4O2S. The number of nitrogens with zero attached hydrogens (tertiary/aromatic N) is 4. The van der Waals surface area contributed by atoms with E-state index in [0.29, 0.717) is 0 Å². The summed E-state index contributed by atoms with van der Waals surface area (Å²) < 4.78 is 28.2. The molecule has 0 amide bonds. The number of hydrogen-bond acceptors (Lipinski definition) is 4. The van der Waals surface area contributed by atoms with Crippen LogP contribution in [0.1, 0.15) is 24.1 Å². The standard InChI is InChI=1S/C19H20N4O2S/c1-16(18-8-10-19(11-9-18)23-15-20-14-21-23)22(2)26(24,25)13-12-17-6-4-3-5-7-17/h3-16H,1-2H3/b13-12+. The summed E-state index contributed by atoms with van der Waals surface area (Å²) >= 11 is 0. The molecule has 0 spiro atoms. The molecule has 1 atom stereocenters. The molecule has 1 unspecified atom stereocenters. The van der Waals surface area contributed by atoms with Crippen LogP contribution in [0.25, 0.3) is 11.8 Å². The minimum absolute atomic E-state index is 0.301. The summed E-state index contributed by atoms with van der Waals surface area (Å²) in [6.07, 6.45) is 4.69. The van der Waals surface area contributed by atoms with Gasteiger partial charge in [-0.15, -0.1) is 0 Å². The third-order valence-corrected chi connectivity index (χ3v) is 5.84. The molecule has 1 heterocycles. The van der Waals surface area contributed by atoms with Crippen LogP contribution in [0.2, 0.25) is 0 Å². The summed E-state index contributed by atoms with van der Waals surface area (Å²) in [5, 5.41) is 5.32. The summed E-state index contributed by atoms with van der Waals surface area (Å²) in [4.78, 5) is 3.92. The molecule has 6 nitrogen and oxygen atoms in total. The average Bonchev–Trinajstić information content (AvgIpc) is 3.21. The lowest BCUT2D eigenvalue weighted by Crippen LogP contribution is -2.28. The number of hydrogen-bond donors (Lipinski definition) is 0. The predicted octanol–water partition coefficient (Wildman–Crippen LogP) is 3.26. The summed E-state index contributed by atoms with van der Waals surface area (Å²) in [5.74, 6) is 0. The first kappa shape index (κ1) is 18.0. The van der Waals surface area contributed by atoms with Gasteiger partial charge in [0.15, 0.2) is 0 Å². The van der Waals surface area contributed by atoms with Crippen LogP contribution in [0.4, 0.5) is 0 Å². The third-order valence-electron chi connectivity index (χ3n) is 4.24. The zero-order valence-electron chi connectivity index (χ0n) is 14.6. The lowest BCUT2D eigenvalue weighted by atomic mass is 10.1. The largest absolute Gasteiger partial charge is 0.236 e. The highest BCUT2D eigenvalue weighted by Crippen LogP contribution is 2.23. The normalized spacial score (nSPS) is 13.3. The van der Waals surface area contributed by atoms with Gasteiger partial charge in [0.2, 0.25) is 10.0 Å². The van der Waals surface area contributed by atoms with E-state index >= 15 is 0 Å². The number of aromatic nitrogens is 3. The Morgan fingerprint density at radius 3 is 2.38 bits per heavy atom. The quantitative estimate of drug-likeness (QED) is 0.670. The summed E-state index contributed by atoms with van der Waals surface area (Å²) in [6.45, 7) is 1.86. The second-order valence-corrected chi connectivity index (χ2v) is 7.76. The first-order valence-corrected chi connectivity index (χ1v) is 9.64. The fourth-order valence-electron chi connectivity index (χ4n) is 2.50. The minimum atomic E-state index is -3.53. The van der Waals surface area contributed by atoms with Crippen molar-refractivity contribution in [2.24, 2.45) is 0 Å². The maximum atomic E-state index is 12.6. The van der Waals surface area contributed by atoms with E-state index in [0.717, 1.165) is 16.8 Å². The number of benzene rings is 2. The van der Waals surface area contributed by atoms with Gasteiger partial charge in [-0.05, 0) is 36.3 Å². The van der Waals surface area contributed by atoms with Gasteiger partial charge in [-0.1, -0.05) is 42.5 Å². The highest BCUT2D eigenvalue weighted by molar-refractivity contribution is 7.92. The Bertz CT molecular complexity index is 966. The molecule has 0 radical (unpaired) electrons. The predicted molar refractivity (Wildman–Crippen MR) is 102 cm³/mol. The van der Waals surface area contributed by atoms with Crippen molar-refractivity contribution in [2.75, 3.05) is 7.05 Å². The lowest BCUT2D eigenvalue weighted by Gasteiger charge is -2.23. The summed E-state index contributed by atoms with van der Waals surface area (Å²) in [7, 11) is -1.95. The monoisotopic (exact) mass is 368 g/mol. The van der Waals surface area contributed by atoms with Crippen molar-refractivity contribution in [3.8, 4) is 5.69 Å². The Labute approximate surface area is 153 Å². The van der Waals surface area contributed by atoms with Crippen LogP contribution >= 0.6 is 0 Å². The van der Waals surface area contributed by atoms with E-state index in [4.69, 9.17) is 0 Å². The molecular weight excluding hydrogens is 348 g/mol. The molecule has 26 heavy (non-hydrogen) atoms. The average molecular weight is 368 g/mol. The fourth-order valence-corrected chi connectivity index (χ4v) is 3.59. The highest BCUT2D eigenvalue weighted by atomic mass is 32.2. The molecule has 3 rings (SSSR count). The van der Waals surface area contributed by atoms with Gasteiger partial charge >= 0.3 is 0 Å². The van der Waals surface area contributed by atoms with Crippen molar-refractivity contribution >= 4 is 16.1 Å². The van der Waals surface area contributed by atoms with Crippen LogP contribution in [0.5, 0.6) is 0 Å². The van der Waals surface area contributed by atoms with Gasteiger partial charge in [-0.2, -0.15) is 9.40 Å². The Morgan fingerprint density at radius 2 is 1.77 bits per heavy atom. The molecule has 0 N–H and O–H groups in total. The van der Waals surface area contributed by atoms with Crippen molar-refractivity contribution in [1.82, 2.24) is 19.1 Å². The van der Waals surface area contributed by atoms with Gasteiger partial charge in [-0.3, -0.25) is 0 Å². The van der Waals surface area contributed by atoms with Gasteiger partial charge in [-0.25, -0.2) is 18.1 Å². The Morgan fingerprint density at radius 1 is 1.08 bits per heavy atom. The smallest absolute Gasteiger partial charge is 0.223 e. The molecule has 0 saturated heterocycles. The van der Waals surface area contributed by atoms with Gasteiger partial charge in [0.25, 0.3) is 0 Å². The summed E-state index contributed by atoms with van der Waals surface area (Å²) in [5.41, 5.74) is 2.61. The molecule has 2 aromatic carbocycles. The molecule has 0 fully saturated rings. The maximum Gasteiger partial charge on any atom is 0.236 e. The Kier molecular flexibility index (Phi) is 5.29. The molecule has 0 aliphatic carbocycles. The topological polar surface area (TPSA) is 68.1 Å². The minimum Gasteiger partial charge on any atom is -0.223 e. The van der Waals surface area contributed by atoms with Crippen molar-refractivity contribution in [2.45, 2.75) is 13.0 Å². The Balaban J connectivity index is 1.76. The van der Waals surface area contributed by atoms with E-state index in [1.165, 1.54) is 16.0 Å². The molecule has 0 aliphatic rings. The zero-order valence-corrected chi connectivity index (χ0v) is 15.4. The van der Waals surface area contributed by atoms with Crippen LogP contribution in [0.15, 0.2) is 72.7 Å². The van der Waals surface area contributed by atoms with Crippen molar-refractivity contribution in [3.05, 3.63) is 83.8 Å². The van der Waals surface area contributed by atoms with Gasteiger partial charge in [0, 0.05) is 18.5 Å². The molecule has 0 saturated carbocycles. The molecule has 0 bridgehead atoms. The van der Waals surface area contributed by atoms with Gasteiger partial charge in [0.05, 0.1) is 5.69 Å². The molecule has 1 aromatic heterocycles. The van der Waals surface area contributed by atoms with Crippen LogP contribution in [-0.4, -0.2) is 34.5 Å². The van der Waals surface area contributed by atoms with Crippen molar-refractivity contribution < 1.29 is 8.42 Å². The van der Waals surface area contributed by atoms with E-state index in [2.05, 4.69) is 10.1 Å². The van der Waals surface area contributed by atoms with Crippen molar-refractivity contribution in [3.63, 3.8) is 0 Å². The lowest BCUT2D eigenvalue weighted by molar-refractivity contribution is 0.404. The van der Waals surface area contributed by atoms with Gasteiger partial charge in [0.1, 0.15) is 12.7 Å². The van der Waals surface area contributed by atoms with Crippen LogP contribution in [0, 0.1) is 0 Å². The number of sulfonamides is 1. The fraction of sp³-hybridized carbons (Fsp3) is 0.158. The second kappa shape index (κ2) is 7.63. The zero-order chi connectivity index (χ0) is 18.6. The Hall–Kier alpha value is -2.77.